The van der Waals surface area contributed by atoms with Crippen molar-refractivity contribution < 1.29 is 46.3 Å². The van der Waals surface area contributed by atoms with Crippen molar-refractivity contribution in [3.05, 3.63) is 46.2 Å². The van der Waals surface area contributed by atoms with Gasteiger partial charge in [0.2, 0.25) is 5.60 Å². The molecule has 0 fully saturated rings. The fraction of sp³-hybridized carbons (Fsp3) is 0.480. The fourth-order valence-corrected chi connectivity index (χ4v) is 4.85. The van der Waals surface area contributed by atoms with Crippen LogP contribution < -0.4 is 30.0 Å². The van der Waals surface area contributed by atoms with Gasteiger partial charge in [-0.1, -0.05) is 11.6 Å². The lowest BCUT2D eigenvalue weighted by molar-refractivity contribution is -0.265. The Balaban J connectivity index is 1.93. The highest BCUT2D eigenvalue weighted by molar-refractivity contribution is 7.84. The lowest BCUT2D eigenvalue weighted by atomic mass is 9.91. The Morgan fingerprint density at radius 2 is 1.90 bits per heavy atom. The van der Waals surface area contributed by atoms with Gasteiger partial charge in [0, 0.05) is 11.1 Å². The van der Waals surface area contributed by atoms with Gasteiger partial charge in [0.25, 0.3) is 11.8 Å². The van der Waals surface area contributed by atoms with E-state index in [0.717, 1.165) is 6.07 Å². The van der Waals surface area contributed by atoms with Crippen LogP contribution in [0.15, 0.2) is 24.3 Å². The molecule has 0 spiro atoms. The maximum absolute atomic E-state index is 14.4. The summed E-state index contributed by atoms with van der Waals surface area (Å²) >= 11 is 6.18. The lowest BCUT2D eigenvalue weighted by Gasteiger charge is -2.32. The van der Waals surface area contributed by atoms with Gasteiger partial charge in [0.15, 0.2) is 29.0 Å². The minimum Gasteiger partial charge on any atom is -0.493 e. The molecule has 1 aromatic heterocycles. The van der Waals surface area contributed by atoms with Crippen LogP contribution in [0.25, 0.3) is 0 Å². The summed E-state index contributed by atoms with van der Waals surface area (Å²) in [5.41, 5.74) is -0.797. The molecule has 2 heterocycles. The van der Waals surface area contributed by atoms with Crippen LogP contribution in [-0.2, 0) is 26.9 Å². The van der Waals surface area contributed by atoms with Crippen LogP contribution in [0.2, 0.25) is 5.15 Å². The molecule has 11 nitrogen and oxygen atoms in total. The van der Waals surface area contributed by atoms with Gasteiger partial charge in [-0.3, -0.25) is 9.59 Å². The summed E-state index contributed by atoms with van der Waals surface area (Å²) in [6.45, 7) is 4.79. The van der Waals surface area contributed by atoms with Crippen molar-refractivity contribution in [3.63, 3.8) is 0 Å². The van der Waals surface area contributed by atoms with Gasteiger partial charge < -0.3 is 30.4 Å². The van der Waals surface area contributed by atoms with E-state index >= 15 is 0 Å². The molecule has 3 unspecified atom stereocenters. The molecule has 1 aliphatic heterocycles. The Bertz CT molecular complexity index is 1370. The number of methoxy groups -OCH3 is 1. The van der Waals surface area contributed by atoms with E-state index in [9.17, 15) is 32.1 Å². The SMILES string of the molecule is COc1cc(C(=O)NCC(O)(c2cc3c(c(Cl)n2)OCC3(C)NS(=O)C(C)(C)C)C(F)(F)F)ccc1OCC(N)=O. The van der Waals surface area contributed by atoms with Crippen molar-refractivity contribution in [1.82, 2.24) is 15.0 Å². The Hall–Kier alpha value is -3.14. The van der Waals surface area contributed by atoms with Crippen LogP contribution in [0, 0.1) is 0 Å². The van der Waals surface area contributed by atoms with Gasteiger partial charge >= 0.3 is 6.18 Å². The number of hydrogen-bond donors (Lipinski definition) is 4. The molecule has 2 amide bonds. The van der Waals surface area contributed by atoms with Crippen LogP contribution in [0.5, 0.6) is 17.2 Å². The second-order valence-electron chi connectivity index (χ2n) is 10.4. The first kappa shape index (κ1) is 32.4. The molecule has 0 saturated carbocycles. The molecule has 1 aromatic carbocycles. The van der Waals surface area contributed by atoms with Gasteiger partial charge in [-0.05, 0) is 52.0 Å². The van der Waals surface area contributed by atoms with Crippen LogP contribution in [-0.4, -0.2) is 63.9 Å². The highest BCUT2D eigenvalue weighted by Gasteiger charge is 2.57. The summed E-state index contributed by atoms with van der Waals surface area (Å²) in [4.78, 5) is 27.5. The average molecular weight is 623 g/mol. The van der Waals surface area contributed by atoms with E-state index in [1.165, 1.54) is 25.3 Å². The van der Waals surface area contributed by atoms with Crippen molar-refractivity contribution in [2.24, 2.45) is 5.73 Å². The molecule has 226 valence electrons. The second-order valence-corrected chi connectivity index (χ2v) is 12.8. The lowest BCUT2D eigenvalue weighted by Crippen LogP contribution is -2.52. The zero-order chi connectivity index (χ0) is 31.0. The van der Waals surface area contributed by atoms with Crippen molar-refractivity contribution in [2.45, 2.75) is 49.8 Å². The number of hydrogen-bond acceptors (Lipinski definition) is 8. The Kier molecular flexibility index (Phi) is 9.18. The van der Waals surface area contributed by atoms with E-state index in [1.807, 2.05) is 0 Å². The molecule has 3 atom stereocenters. The molecule has 0 bridgehead atoms. The number of carbonyl (C=O) groups is 2. The highest BCUT2D eigenvalue weighted by Crippen LogP contribution is 2.46. The number of rotatable bonds is 10. The van der Waals surface area contributed by atoms with Crippen molar-refractivity contribution in [1.29, 1.82) is 0 Å². The number of ether oxygens (including phenoxy) is 3. The number of alkyl halides is 3. The summed E-state index contributed by atoms with van der Waals surface area (Å²) in [6.07, 6.45) is -5.31. The Morgan fingerprint density at radius 3 is 2.46 bits per heavy atom. The average Bonchev–Trinajstić information content (AvgIpc) is 3.20. The molecule has 0 saturated heterocycles. The van der Waals surface area contributed by atoms with Crippen LogP contribution in [0.3, 0.4) is 0 Å². The molecule has 5 N–H and O–H groups in total. The summed E-state index contributed by atoms with van der Waals surface area (Å²) in [5.74, 6) is -1.69. The molecule has 16 heteroatoms. The van der Waals surface area contributed by atoms with Gasteiger partial charge in [-0.2, -0.15) is 13.2 Å². The number of halogens is 4. The maximum Gasteiger partial charge on any atom is 0.424 e. The number of nitrogens with one attached hydrogen (secondary N) is 2. The second kappa shape index (κ2) is 11.6. The summed E-state index contributed by atoms with van der Waals surface area (Å²) in [7, 11) is -0.389. The number of amides is 2. The van der Waals surface area contributed by atoms with E-state index in [2.05, 4.69) is 15.0 Å². The Morgan fingerprint density at radius 1 is 1.24 bits per heavy atom. The van der Waals surface area contributed by atoms with Crippen molar-refractivity contribution >= 4 is 34.4 Å². The highest BCUT2D eigenvalue weighted by atomic mass is 35.5. The number of aromatic nitrogens is 1. The van der Waals surface area contributed by atoms with Crippen LogP contribution in [0.1, 0.15) is 49.3 Å². The first-order valence-corrected chi connectivity index (χ1v) is 13.6. The van der Waals surface area contributed by atoms with Crippen molar-refractivity contribution in [2.75, 3.05) is 26.9 Å². The topological polar surface area (TPSA) is 162 Å². The minimum absolute atomic E-state index is 0.0106. The van der Waals surface area contributed by atoms with E-state index in [4.69, 9.17) is 31.5 Å². The molecular formula is C25H30ClF3N4O7S. The quantitative estimate of drug-likeness (QED) is 0.294. The molecule has 2 aromatic rings. The number of pyridine rings is 1. The summed E-state index contributed by atoms with van der Waals surface area (Å²) in [6, 6.07) is 4.63. The third kappa shape index (κ3) is 6.85. The summed E-state index contributed by atoms with van der Waals surface area (Å²) in [5, 5.41) is 12.6. The molecule has 0 aliphatic carbocycles. The fourth-order valence-electron chi connectivity index (χ4n) is 3.72. The molecule has 41 heavy (non-hydrogen) atoms. The number of nitrogens with two attached hydrogens (primary N) is 1. The predicted octanol–water partition coefficient (Wildman–Crippen LogP) is 2.45. The molecule has 3 rings (SSSR count). The zero-order valence-corrected chi connectivity index (χ0v) is 24.3. The van der Waals surface area contributed by atoms with E-state index < -0.39 is 68.9 Å². The number of primary amides is 1. The first-order chi connectivity index (χ1) is 18.8. The number of nitrogens with zero attached hydrogens (tertiary/aromatic N) is 1. The monoisotopic (exact) mass is 622 g/mol. The van der Waals surface area contributed by atoms with E-state index in [0.29, 0.717) is 0 Å². The van der Waals surface area contributed by atoms with Gasteiger partial charge in [0.05, 0.1) is 40.6 Å². The third-order valence-electron chi connectivity index (χ3n) is 6.10. The van der Waals surface area contributed by atoms with Crippen LogP contribution in [0.4, 0.5) is 13.2 Å². The number of benzene rings is 1. The van der Waals surface area contributed by atoms with Gasteiger partial charge in [-0.25, -0.2) is 13.9 Å². The molecule has 0 radical (unpaired) electrons. The van der Waals surface area contributed by atoms with Crippen LogP contribution >= 0.6 is 11.6 Å². The number of fused-ring (bicyclic) bond motifs is 1. The van der Waals surface area contributed by atoms with E-state index in [1.54, 1.807) is 27.7 Å². The standard InChI is InChI=1S/C25H30ClF3N4O7S/c1-22(2,3)41(37)33-23(4)12-40-19-14(23)9-17(32-20(19)26)24(36,25(27,28)29)11-31-21(35)13-6-7-15(16(8-13)38-5)39-10-18(30)34/h6-9,33,36H,10-12H2,1-5H3,(H2,30,34)(H,31,35). The predicted molar refractivity (Wildman–Crippen MR) is 143 cm³/mol. The number of carbonyl (C=O) groups excluding carboxylic acids is 2. The Labute approximate surface area is 241 Å². The van der Waals surface area contributed by atoms with E-state index in [-0.39, 0.29) is 35.0 Å². The number of aliphatic hydroxyl groups is 1. The van der Waals surface area contributed by atoms with Gasteiger partial charge in [0.1, 0.15) is 6.61 Å². The normalized spacial score (nSPS) is 19.0. The summed E-state index contributed by atoms with van der Waals surface area (Å²) < 4.78 is 73.9. The van der Waals surface area contributed by atoms with Gasteiger partial charge in [-0.15, -0.1) is 0 Å². The van der Waals surface area contributed by atoms with Crippen molar-refractivity contribution in [3.8, 4) is 17.2 Å². The molecule has 1 aliphatic rings. The molecular weight excluding hydrogens is 593 g/mol. The third-order valence-corrected chi connectivity index (χ3v) is 8.10. The minimum atomic E-state index is -5.31. The maximum atomic E-state index is 14.4. The zero-order valence-electron chi connectivity index (χ0n) is 22.8. The first-order valence-electron chi connectivity index (χ1n) is 12.0. The smallest absolute Gasteiger partial charge is 0.424 e. The largest absolute Gasteiger partial charge is 0.493 e.